The van der Waals surface area contributed by atoms with E-state index in [2.05, 4.69) is 5.32 Å². The van der Waals surface area contributed by atoms with Crippen molar-refractivity contribution in [2.75, 3.05) is 5.32 Å². The number of aromatic nitrogens is 2. The number of halogens is 7. The summed E-state index contributed by atoms with van der Waals surface area (Å²) < 4.78 is 89.9. The maximum atomic E-state index is 13.7. The number of aromatic amines is 2. The van der Waals surface area contributed by atoms with Crippen LogP contribution in [0.2, 0.25) is 0 Å². The van der Waals surface area contributed by atoms with E-state index in [4.69, 9.17) is 5.41 Å². The van der Waals surface area contributed by atoms with Crippen LogP contribution in [0.1, 0.15) is 29.7 Å². The van der Waals surface area contributed by atoms with Crippen LogP contribution in [0.4, 0.5) is 36.6 Å². The van der Waals surface area contributed by atoms with Crippen molar-refractivity contribution in [1.82, 2.24) is 9.97 Å². The molecule has 0 amide bonds. The Morgan fingerprint density at radius 3 is 2.21 bits per heavy atom. The van der Waals surface area contributed by atoms with Crippen molar-refractivity contribution in [3.8, 4) is 0 Å². The molecule has 1 heterocycles. The molecule has 1 aromatic carbocycles. The molecule has 0 spiro atoms. The van der Waals surface area contributed by atoms with Crippen molar-refractivity contribution >= 4 is 11.5 Å². The van der Waals surface area contributed by atoms with Gasteiger partial charge in [-0.25, -0.2) is 9.18 Å². The number of rotatable bonds is 4. The van der Waals surface area contributed by atoms with Crippen LogP contribution in [0.5, 0.6) is 0 Å². The van der Waals surface area contributed by atoms with E-state index >= 15 is 0 Å². The number of hydrogen-bond acceptors (Lipinski definition) is 4. The van der Waals surface area contributed by atoms with Gasteiger partial charge in [0.15, 0.2) is 5.71 Å². The van der Waals surface area contributed by atoms with E-state index in [9.17, 15) is 40.3 Å². The molecule has 13 heteroatoms. The topological polar surface area (TPSA) is 102 Å². The number of anilines is 1. The first kappa shape index (κ1) is 21.2. The number of hydrogen-bond donors (Lipinski definition) is 4. The van der Waals surface area contributed by atoms with Gasteiger partial charge in [0.2, 0.25) is 0 Å². The molecule has 1 atom stereocenters. The lowest BCUT2D eigenvalue weighted by Crippen LogP contribution is -2.35. The van der Waals surface area contributed by atoms with Gasteiger partial charge in [-0.1, -0.05) is 6.07 Å². The average Bonchev–Trinajstić information content (AvgIpc) is 2.51. The summed E-state index contributed by atoms with van der Waals surface area (Å²) in [5.74, 6) is -2.40. The van der Waals surface area contributed by atoms with Crippen LogP contribution >= 0.6 is 0 Å². The molecule has 6 nitrogen and oxygen atoms in total. The van der Waals surface area contributed by atoms with Crippen molar-refractivity contribution < 1.29 is 30.7 Å². The van der Waals surface area contributed by atoms with Gasteiger partial charge in [-0.3, -0.25) is 20.2 Å². The fourth-order valence-electron chi connectivity index (χ4n) is 2.31. The zero-order chi connectivity index (χ0) is 21.4. The summed E-state index contributed by atoms with van der Waals surface area (Å²) in [6, 6.07) is 0.709. The first-order valence-corrected chi connectivity index (χ1v) is 7.37. The third-order valence-electron chi connectivity index (χ3n) is 3.64. The molecule has 0 saturated heterocycles. The van der Waals surface area contributed by atoms with Crippen LogP contribution in [0.15, 0.2) is 27.8 Å². The molecule has 2 rings (SSSR count). The van der Waals surface area contributed by atoms with Gasteiger partial charge in [-0.2, -0.15) is 26.3 Å². The van der Waals surface area contributed by atoms with E-state index in [1.807, 2.05) is 4.98 Å². The molecule has 1 unspecified atom stereocenters. The predicted octanol–water partition coefficient (Wildman–Crippen LogP) is 3.32. The predicted molar refractivity (Wildman–Crippen MR) is 84.0 cm³/mol. The molecule has 0 fully saturated rings. The molecule has 0 aliphatic rings. The van der Waals surface area contributed by atoms with Crippen molar-refractivity contribution in [1.29, 1.82) is 5.41 Å². The molecule has 1 aromatic heterocycles. The highest BCUT2D eigenvalue weighted by atomic mass is 19.4. The normalized spacial score (nSPS) is 13.3. The summed E-state index contributed by atoms with van der Waals surface area (Å²) in [5.41, 5.74) is -7.62. The van der Waals surface area contributed by atoms with E-state index in [0.29, 0.717) is 12.1 Å². The molecule has 28 heavy (non-hydrogen) atoms. The van der Waals surface area contributed by atoms with Crippen LogP contribution < -0.4 is 16.6 Å². The standard InChI is InChI=1S/C15H11F7N4O2/c1-5(6-2-3-7(8(16)4-6)14(17,18)19)24-11-9(10(23)15(20,21)22)12(27)26-13(28)25-11/h2-5,23H,1H3,(H3,24,25,26,27,28). The largest absolute Gasteiger partial charge is 0.433 e. The molecular formula is C15H11F7N4O2. The summed E-state index contributed by atoms with van der Waals surface area (Å²) in [5, 5.41) is 9.40. The maximum absolute atomic E-state index is 13.7. The lowest BCUT2D eigenvalue weighted by molar-refractivity contribution is -0.140. The van der Waals surface area contributed by atoms with Gasteiger partial charge >= 0.3 is 18.0 Å². The van der Waals surface area contributed by atoms with E-state index in [-0.39, 0.29) is 5.56 Å². The van der Waals surface area contributed by atoms with Gasteiger partial charge in [0.05, 0.1) is 11.6 Å². The van der Waals surface area contributed by atoms with Gasteiger partial charge in [0.1, 0.15) is 17.2 Å². The second kappa shape index (κ2) is 7.13. The fraction of sp³-hybridized carbons (Fsp3) is 0.267. The highest BCUT2D eigenvalue weighted by Crippen LogP contribution is 2.33. The molecule has 0 aliphatic carbocycles. The zero-order valence-electron chi connectivity index (χ0n) is 13.8. The molecular weight excluding hydrogens is 401 g/mol. The smallest absolute Gasteiger partial charge is 0.364 e. The van der Waals surface area contributed by atoms with E-state index in [1.165, 1.54) is 6.92 Å². The summed E-state index contributed by atoms with van der Waals surface area (Å²) in [6.07, 6.45) is -10.2. The first-order chi connectivity index (χ1) is 12.7. The Morgan fingerprint density at radius 1 is 1.11 bits per heavy atom. The van der Waals surface area contributed by atoms with Gasteiger partial charge < -0.3 is 5.32 Å². The minimum absolute atomic E-state index is 0.115. The minimum Gasteiger partial charge on any atom is -0.364 e. The van der Waals surface area contributed by atoms with Crippen molar-refractivity contribution in [2.24, 2.45) is 0 Å². The number of H-pyrrole nitrogens is 2. The van der Waals surface area contributed by atoms with Gasteiger partial charge in [-0.15, -0.1) is 0 Å². The highest BCUT2D eigenvalue weighted by molar-refractivity contribution is 6.05. The molecule has 0 saturated carbocycles. The van der Waals surface area contributed by atoms with E-state index in [0.717, 1.165) is 6.07 Å². The lowest BCUT2D eigenvalue weighted by atomic mass is 10.0. The number of nitrogens with one attached hydrogen (secondary N) is 4. The molecule has 2 aromatic rings. The van der Waals surface area contributed by atoms with Crippen molar-refractivity contribution in [3.63, 3.8) is 0 Å². The van der Waals surface area contributed by atoms with E-state index in [1.54, 1.807) is 4.98 Å². The first-order valence-electron chi connectivity index (χ1n) is 7.37. The molecule has 0 bridgehead atoms. The van der Waals surface area contributed by atoms with Gasteiger partial charge in [0.25, 0.3) is 5.56 Å². The van der Waals surface area contributed by atoms with Crippen LogP contribution in [-0.4, -0.2) is 21.9 Å². The van der Waals surface area contributed by atoms with Crippen LogP contribution in [0.25, 0.3) is 0 Å². The second-order valence-electron chi connectivity index (χ2n) is 5.63. The van der Waals surface area contributed by atoms with Crippen LogP contribution in [-0.2, 0) is 6.18 Å². The van der Waals surface area contributed by atoms with Crippen molar-refractivity contribution in [2.45, 2.75) is 25.3 Å². The molecule has 0 radical (unpaired) electrons. The highest BCUT2D eigenvalue weighted by Gasteiger charge is 2.39. The summed E-state index contributed by atoms with van der Waals surface area (Å²) in [7, 11) is 0. The monoisotopic (exact) mass is 412 g/mol. The summed E-state index contributed by atoms with van der Waals surface area (Å²) in [6.45, 7) is 1.24. The summed E-state index contributed by atoms with van der Waals surface area (Å²) in [4.78, 5) is 26.5. The third kappa shape index (κ3) is 4.40. The second-order valence-corrected chi connectivity index (χ2v) is 5.63. The minimum atomic E-state index is -5.22. The zero-order valence-corrected chi connectivity index (χ0v) is 13.8. The Kier molecular flexibility index (Phi) is 5.39. The Balaban J connectivity index is 2.46. The fourth-order valence-corrected chi connectivity index (χ4v) is 2.31. The summed E-state index contributed by atoms with van der Waals surface area (Å²) >= 11 is 0. The average molecular weight is 412 g/mol. The molecule has 4 N–H and O–H groups in total. The number of alkyl halides is 6. The SMILES string of the molecule is CC(Nc1[nH]c(=O)[nH]c(=O)c1C(=N)C(F)(F)F)c1ccc(C(F)(F)F)c(F)c1. The Labute approximate surface area is 150 Å². The Hall–Kier alpha value is -3.12. The lowest BCUT2D eigenvalue weighted by Gasteiger charge is -2.19. The number of benzene rings is 1. The quantitative estimate of drug-likeness (QED) is 0.458. The van der Waals surface area contributed by atoms with Crippen molar-refractivity contribution in [3.05, 3.63) is 61.5 Å². The van der Waals surface area contributed by atoms with Crippen LogP contribution in [0.3, 0.4) is 0 Å². The van der Waals surface area contributed by atoms with Gasteiger partial charge in [-0.05, 0) is 24.6 Å². The molecule has 152 valence electrons. The third-order valence-corrected chi connectivity index (χ3v) is 3.64. The molecule has 0 aliphatic heterocycles. The Bertz CT molecular complexity index is 1020. The van der Waals surface area contributed by atoms with Crippen LogP contribution in [0, 0.1) is 11.2 Å². The maximum Gasteiger partial charge on any atom is 0.433 e. The Morgan fingerprint density at radius 2 is 1.71 bits per heavy atom. The van der Waals surface area contributed by atoms with Gasteiger partial charge in [0, 0.05) is 0 Å². The van der Waals surface area contributed by atoms with E-state index < -0.39 is 58.1 Å².